The van der Waals surface area contributed by atoms with Crippen molar-refractivity contribution in [1.82, 2.24) is 4.98 Å². The minimum atomic E-state index is 0.0345. The van der Waals surface area contributed by atoms with Gasteiger partial charge in [-0.15, -0.1) is 0 Å². The lowest BCUT2D eigenvalue weighted by molar-refractivity contribution is 0.307. The van der Waals surface area contributed by atoms with Crippen LogP contribution >= 0.6 is 0 Å². The number of aromatic nitrogens is 1. The zero-order valence-corrected chi connectivity index (χ0v) is 11.4. The summed E-state index contributed by atoms with van der Waals surface area (Å²) in [5.41, 5.74) is 8.11. The molecule has 0 radical (unpaired) electrons. The molecule has 0 bridgehead atoms. The van der Waals surface area contributed by atoms with Crippen LogP contribution in [0.25, 0.3) is 10.9 Å². The lowest BCUT2D eigenvalue weighted by Crippen LogP contribution is -2.10. The van der Waals surface area contributed by atoms with Gasteiger partial charge in [-0.2, -0.15) is 0 Å². The Bertz CT molecular complexity index is 793. The van der Waals surface area contributed by atoms with E-state index in [1.165, 1.54) is 0 Å². The quantitative estimate of drug-likeness (QED) is 0.568. The molecule has 0 unspecified atom stereocenters. The molecule has 0 amide bonds. The summed E-state index contributed by atoms with van der Waals surface area (Å²) in [5.74, 6) is 0.725. The third kappa shape index (κ3) is 2.84. The van der Waals surface area contributed by atoms with Crippen LogP contribution in [0.4, 0.5) is 0 Å². The van der Waals surface area contributed by atoms with Crippen molar-refractivity contribution >= 4 is 16.7 Å². The van der Waals surface area contributed by atoms with E-state index in [1.807, 2.05) is 42.5 Å². The van der Waals surface area contributed by atoms with E-state index in [1.54, 1.807) is 18.3 Å². The number of nitrogens with zero attached hydrogens (tertiary/aromatic N) is 1. The summed E-state index contributed by atoms with van der Waals surface area (Å²) in [6.45, 7) is 0.426. The van der Waals surface area contributed by atoms with Gasteiger partial charge in [0, 0.05) is 22.7 Å². The third-order valence-electron chi connectivity index (χ3n) is 3.26. The highest BCUT2D eigenvalue weighted by Crippen LogP contribution is 2.19. The Morgan fingerprint density at radius 1 is 1.10 bits per heavy atom. The monoisotopic (exact) mass is 277 g/mol. The molecule has 0 fully saturated rings. The molecule has 0 aliphatic rings. The van der Waals surface area contributed by atoms with Gasteiger partial charge in [0.1, 0.15) is 18.2 Å². The number of para-hydroxylation sites is 1. The summed E-state index contributed by atoms with van der Waals surface area (Å²) in [6.07, 6.45) is 1.78. The van der Waals surface area contributed by atoms with E-state index < -0.39 is 0 Å². The number of ether oxygens (including phenoxy) is 1. The van der Waals surface area contributed by atoms with Gasteiger partial charge in [0.05, 0.1) is 5.52 Å². The molecular formula is C17H15N3O. The smallest absolute Gasteiger partial charge is 0.122 e. The molecule has 3 rings (SSSR count). The molecule has 0 saturated carbocycles. The van der Waals surface area contributed by atoms with E-state index >= 15 is 0 Å². The average Bonchev–Trinajstić information content (AvgIpc) is 2.53. The van der Waals surface area contributed by atoms with Gasteiger partial charge in [0.2, 0.25) is 0 Å². The van der Waals surface area contributed by atoms with Crippen LogP contribution in [0.15, 0.2) is 60.8 Å². The topological polar surface area (TPSA) is 72.0 Å². The molecule has 21 heavy (non-hydrogen) atoms. The second-order valence-corrected chi connectivity index (χ2v) is 4.72. The molecule has 0 aliphatic carbocycles. The number of pyridine rings is 1. The first kappa shape index (κ1) is 13.1. The minimum Gasteiger partial charge on any atom is -0.489 e. The first-order valence-corrected chi connectivity index (χ1v) is 6.64. The van der Waals surface area contributed by atoms with Crippen molar-refractivity contribution in [3.8, 4) is 5.75 Å². The van der Waals surface area contributed by atoms with Crippen LogP contribution in [0.3, 0.4) is 0 Å². The van der Waals surface area contributed by atoms with Gasteiger partial charge in [-0.25, -0.2) is 0 Å². The highest BCUT2D eigenvalue weighted by atomic mass is 16.5. The fraction of sp³-hybridized carbons (Fsp3) is 0.0588. The summed E-state index contributed by atoms with van der Waals surface area (Å²) in [4.78, 5) is 4.41. The van der Waals surface area contributed by atoms with E-state index in [-0.39, 0.29) is 5.84 Å². The maximum atomic E-state index is 7.45. The molecule has 0 aliphatic heterocycles. The van der Waals surface area contributed by atoms with Crippen molar-refractivity contribution in [3.05, 3.63) is 71.9 Å². The Hall–Kier alpha value is -2.88. The Morgan fingerprint density at radius 2 is 1.90 bits per heavy atom. The van der Waals surface area contributed by atoms with Crippen LogP contribution in [0.5, 0.6) is 5.75 Å². The lowest BCUT2D eigenvalue weighted by Gasteiger charge is -2.09. The standard InChI is InChI=1S/C17H15N3O/c18-17(19)13-5-2-8-15(10-13)21-11-14-6-1-4-12-7-3-9-20-16(12)14/h1-10H,11H2,(H3,18,19). The van der Waals surface area contributed by atoms with Crippen molar-refractivity contribution in [2.75, 3.05) is 0 Å². The summed E-state index contributed by atoms with van der Waals surface area (Å²) >= 11 is 0. The molecule has 2 aromatic carbocycles. The zero-order chi connectivity index (χ0) is 14.7. The van der Waals surface area contributed by atoms with Gasteiger partial charge < -0.3 is 10.5 Å². The van der Waals surface area contributed by atoms with Crippen molar-refractivity contribution < 1.29 is 4.74 Å². The number of rotatable bonds is 4. The molecule has 1 aromatic heterocycles. The number of nitrogens with one attached hydrogen (secondary N) is 1. The van der Waals surface area contributed by atoms with Crippen LogP contribution in [-0.4, -0.2) is 10.8 Å². The molecule has 1 heterocycles. The van der Waals surface area contributed by atoms with Gasteiger partial charge >= 0.3 is 0 Å². The SMILES string of the molecule is N=C(N)c1cccc(OCc2cccc3cccnc23)c1. The fourth-order valence-corrected chi connectivity index (χ4v) is 2.20. The van der Waals surface area contributed by atoms with Gasteiger partial charge in [-0.05, 0) is 18.2 Å². The zero-order valence-electron chi connectivity index (χ0n) is 11.4. The molecule has 3 N–H and O–H groups in total. The first-order chi connectivity index (χ1) is 10.2. The van der Waals surface area contributed by atoms with E-state index in [0.29, 0.717) is 17.9 Å². The van der Waals surface area contributed by atoms with Crippen molar-refractivity contribution in [2.24, 2.45) is 5.73 Å². The number of fused-ring (bicyclic) bond motifs is 1. The Labute approximate surface area is 122 Å². The highest BCUT2D eigenvalue weighted by molar-refractivity contribution is 5.95. The number of nitrogens with two attached hydrogens (primary N) is 1. The van der Waals surface area contributed by atoms with Gasteiger partial charge in [0.25, 0.3) is 0 Å². The number of amidine groups is 1. The van der Waals surface area contributed by atoms with Crippen molar-refractivity contribution in [3.63, 3.8) is 0 Å². The number of hydrogen-bond donors (Lipinski definition) is 2. The second-order valence-electron chi connectivity index (χ2n) is 4.72. The predicted octanol–water partition coefficient (Wildman–Crippen LogP) is 3.10. The summed E-state index contributed by atoms with van der Waals surface area (Å²) < 4.78 is 5.80. The predicted molar refractivity (Wildman–Crippen MR) is 83.5 cm³/mol. The number of nitrogen functional groups attached to an aromatic ring is 1. The normalized spacial score (nSPS) is 10.5. The highest BCUT2D eigenvalue weighted by Gasteiger charge is 2.04. The Morgan fingerprint density at radius 3 is 2.76 bits per heavy atom. The maximum Gasteiger partial charge on any atom is 0.122 e. The van der Waals surface area contributed by atoms with Crippen LogP contribution in [0, 0.1) is 5.41 Å². The molecule has 4 nitrogen and oxygen atoms in total. The van der Waals surface area contributed by atoms with Crippen molar-refractivity contribution in [2.45, 2.75) is 6.61 Å². The van der Waals surface area contributed by atoms with E-state index in [4.69, 9.17) is 15.9 Å². The molecular weight excluding hydrogens is 262 g/mol. The van der Waals surface area contributed by atoms with Gasteiger partial charge in [-0.3, -0.25) is 10.4 Å². The second kappa shape index (κ2) is 5.63. The fourth-order valence-electron chi connectivity index (χ4n) is 2.20. The van der Waals surface area contributed by atoms with Crippen LogP contribution in [0.1, 0.15) is 11.1 Å². The largest absolute Gasteiger partial charge is 0.489 e. The number of benzene rings is 2. The van der Waals surface area contributed by atoms with E-state index in [9.17, 15) is 0 Å². The van der Waals surface area contributed by atoms with Crippen molar-refractivity contribution in [1.29, 1.82) is 5.41 Å². The summed E-state index contributed by atoms with van der Waals surface area (Å²) in [7, 11) is 0. The maximum absolute atomic E-state index is 7.45. The summed E-state index contributed by atoms with van der Waals surface area (Å²) in [6, 6.07) is 17.2. The van der Waals surface area contributed by atoms with E-state index in [2.05, 4.69) is 4.98 Å². The van der Waals surface area contributed by atoms with Crippen LogP contribution < -0.4 is 10.5 Å². The van der Waals surface area contributed by atoms with Crippen LogP contribution in [-0.2, 0) is 6.61 Å². The van der Waals surface area contributed by atoms with E-state index in [0.717, 1.165) is 16.5 Å². The molecule has 0 spiro atoms. The molecule has 4 heteroatoms. The first-order valence-electron chi connectivity index (χ1n) is 6.64. The summed E-state index contributed by atoms with van der Waals surface area (Å²) in [5, 5.41) is 8.54. The minimum absolute atomic E-state index is 0.0345. The van der Waals surface area contributed by atoms with Crippen LogP contribution in [0.2, 0.25) is 0 Å². The Balaban J connectivity index is 1.84. The molecule has 104 valence electrons. The lowest BCUT2D eigenvalue weighted by atomic mass is 10.1. The van der Waals surface area contributed by atoms with Gasteiger partial charge in [0.15, 0.2) is 0 Å². The third-order valence-corrected chi connectivity index (χ3v) is 3.26. The number of hydrogen-bond acceptors (Lipinski definition) is 3. The molecule has 0 atom stereocenters. The molecule has 3 aromatic rings. The van der Waals surface area contributed by atoms with Gasteiger partial charge in [-0.1, -0.05) is 36.4 Å². The average molecular weight is 277 g/mol. The molecule has 0 saturated heterocycles. The Kier molecular flexibility index (Phi) is 3.51.